The number of nitrogens with zero attached hydrogens (tertiary/aromatic N) is 2. The first-order chi connectivity index (χ1) is 9.60. The molecule has 0 aliphatic heterocycles. The van der Waals surface area contributed by atoms with Gasteiger partial charge in [0.05, 0.1) is 29.5 Å². The molecule has 0 radical (unpaired) electrons. The van der Waals surface area contributed by atoms with E-state index in [-0.39, 0.29) is 18.7 Å². The predicted molar refractivity (Wildman–Crippen MR) is 81.6 cm³/mol. The van der Waals surface area contributed by atoms with Crippen molar-refractivity contribution in [2.75, 3.05) is 24.3 Å². The Hall–Kier alpha value is -0.920. The number of ether oxygens (including phenoxy) is 1. The van der Waals surface area contributed by atoms with E-state index in [0.717, 1.165) is 41.7 Å². The van der Waals surface area contributed by atoms with Gasteiger partial charge >= 0.3 is 0 Å². The minimum Gasteiger partial charge on any atom is -0.394 e. The number of nitrogens with two attached hydrogens (primary N) is 1. The van der Waals surface area contributed by atoms with Gasteiger partial charge in [0.1, 0.15) is 5.82 Å². The van der Waals surface area contributed by atoms with Gasteiger partial charge in [-0.25, -0.2) is 4.98 Å². The molecule has 112 valence electrons. The van der Waals surface area contributed by atoms with Crippen LogP contribution in [-0.4, -0.2) is 40.4 Å². The molecule has 4 N–H and O–H groups in total. The lowest BCUT2D eigenvalue weighted by molar-refractivity contribution is 0.00721. The molecule has 2 rings (SSSR count). The normalized spacial score (nSPS) is 22.8. The average molecular weight is 345 g/mol. The van der Waals surface area contributed by atoms with E-state index in [0.29, 0.717) is 12.6 Å². The highest BCUT2D eigenvalue weighted by Crippen LogP contribution is 2.28. The summed E-state index contributed by atoms with van der Waals surface area (Å²) < 4.78 is 6.43. The minimum absolute atomic E-state index is 0.0879. The predicted octanol–water partition coefficient (Wildman–Crippen LogP) is 1.86. The molecule has 6 nitrogen and oxygen atoms in total. The Morgan fingerprint density at radius 2 is 2.05 bits per heavy atom. The largest absolute Gasteiger partial charge is 0.394 e. The Morgan fingerprint density at radius 3 is 2.70 bits per heavy atom. The molecule has 0 aromatic carbocycles. The number of anilines is 2. The first kappa shape index (κ1) is 15.5. The van der Waals surface area contributed by atoms with Gasteiger partial charge in [0.25, 0.3) is 0 Å². The zero-order valence-electron chi connectivity index (χ0n) is 11.6. The maximum atomic E-state index is 8.76. The third-order valence-corrected chi connectivity index (χ3v) is 4.44. The van der Waals surface area contributed by atoms with E-state index in [1.165, 1.54) is 0 Å². The van der Waals surface area contributed by atoms with Crippen molar-refractivity contribution in [3.05, 3.63) is 10.2 Å². The first-order valence-electron chi connectivity index (χ1n) is 6.88. The molecular weight excluding hydrogens is 324 g/mol. The van der Waals surface area contributed by atoms with Gasteiger partial charge in [0, 0.05) is 6.04 Å². The Morgan fingerprint density at radius 1 is 1.35 bits per heavy atom. The fraction of sp³-hybridized carbons (Fsp3) is 0.692. The number of halogens is 1. The number of aryl methyl sites for hydroxylation is 1. The number of hydrogen-bond acceptors (Lipinski definition) is 6. The Kier molecular flexibility index (Phi) is 5.56. The van der Waals surface area contributed by atoms with Crippen molar-refractivity contribution in [1.82, 2.24) is 9.97 Å². The molecule has 1 aromatic rings. The number of rotatable bonds is 5. The fourth-order valence-electron chi connectivity index (χ4n) is 2.46. The summed E-state index contributed by atoms with van der Waals surface area (Å²) in [5, 5.41) is 12.2. The van der Waals surface area contributed by atoms with Crippen LogP contribution in [0.1, 0.15) is 31.4 Å². The summed E-state index contributed by atoms with van der Waals surface area (Å²) in [6, 6.07) is 0.369. The molecule has 1 aliphatic rings. The maximum absolute atomic E-state index is 8.76. The van der Waals surface area contributed by atoms with Crippen LogP contribution in [0.3, 0.4) is 0 Å². The zero-order chi connectivity index (χ0) is 14.5. The average Bonchev–Trinajstić information content (AvgIpc) is 2.43. The third-order valence-electron chi connectivity index (χ3n) is 3.49. The van der Waals surface area contributed by atoms with Gasteiger partial charge in [-0.05, 0) is 48.5 Å². The topological polar surface area (TPSA) is 93.3 Å². The number of nitrogen functional groups attached to an aromatic ring is 1. The van der Waals surface area contributed by atoms with Gasteiger partial charge in [-0.15, -0.1) is 0 Å². The summed E-state index contributed by atoms with van der Waals surface area (Å²) in [6.07, 6.45) is 4.29. The van der Waals surface area contributed by atoms with Crippen LogP contribution in [0.4, 0.5) is 11.8 Å². The molecule has 1 fully saturated rings. The van der Waals surface area contributed by atoms with Gasteiger partial charge in [-0.3, -0.25) is 0 Å². The van der Waals surface area contributed by atoms with E-state index < -0.39 is 0 Å². The summed E-state index contributed by atoms with van der Waals surface area (Å²) in [6.45, 7) is 2.41. The van der Waals surface area contributed by atoms with Gasteiger partial charge in [0.2, 0.25) is 5.95 Å². The summed E-state index contributed by atoms with van der Waals surface area (Å²) in [5.41, 5.74) is 6.52. The van der Waals surface area contributed by atoms with Crippen LogP contribution in [-0.2, 0) is 4.74 Å². The van der Waals surface area contributed by atoms with E-state index in [2.05, 4.69) is 31.2 Å². The van der Waals surface area contributed by atoms with E-state index in [4.69, 9.17) is 15.6 Å². The lowest BCUT2D eigenvalue weighted by Crippen LogP contribution is -2.30. The van der Waals surface area contributed by atoms with Crippen LogP contribution in [0.15, 0.2) is 4.47 Å². The van der Waals surface area contributed by atoms with Crippen molar-refractivity contribution >= 4 is 27.7 Å². The van der Waals surface area contributed by atoms with E-state index in [1.54, 1.807) is 0 Å². The van der Waals surface area contributed by atoms with E-state index in [9.17, 15) is 0 Å². The SMILES string of the molecule is Cc1nc(N)nc(N[C@H]2CC[C@@H](OCCO)CC2)c1Br. The summed E-state index contributed by atoms with van der Waals surface area (Å²) in [4.78, 5) is 8.35. The van der Waals surface area contributed by atoms with Crippen molar-refractivity contribution in [3.8, 4) is 0 Å². The van der Waals surface area contributed by atoms with Crippen LogP contribution < -0.4 is 11.1 Å². The molecule has 0 spiro atoms. The molecule has 7 heteroatoms. The van der Waals surface area contributed by atoms with E-state index >= 15 is 0 Å². The second-order valence-electron chi connectivity index (χ2n) is 5.04. The molecule has 0 atom stereocenters. The Labute approximate surface area is 127 Å². The molecule has 0 unspecified atom stereocenters. The van der Waals surface area contributed by atoms with Crippen molar-refractivity contribution in [2.45, 2.75) is 44.8 Å². The lowest BCUT2D eigenvalue weighted by Gasteiger charge is -2.29. The van der Waals surface area contributed by atoms with E-state index in [1.807, 2.05) is 6.92 Å². The molecule has 1 aliphatic carbocycles. The molecule has 0 amide bonds. The van der Waals surface area contributed by atoms with Crippen LogP contribution in [0.2, 0.25) is 0 Å². The summed E-state index contributed by atoms with van der Waals surface area (Å²) >= 11 is 3.49. The molecular formula is C13H21BrN4O2. The van der Waals surface area contributed by atoms with Gasteiger partial charge in [-0.2, -0.15) is 4.98 Å². The minimum atomic E-state index is 0.0879. The van der Waals surface area contributed by atoms with Gasteiger partial charge in [-0.1, -0.05) is 0 Å². The quantitative estimate of drug-likeness (QED) is 0.754. The molecule has 0 bridgehead atoms. The van der Waals surface area contributed by atoms with Crippen molar-refractivity contribution in [3.63, 3.8) is 0 Å². The van der Waals surface area contributed by atoms with Crippen molar-refractivity contribution in [2.24, 2.45) is 0 Å². The number of aliphatic hydroxyl groups is 1. The Bertz CT molecular complexity index is 450. The smallest absolute Gasteiger partial charge is 0.222 e. The Balaban J connectivity index is 1.89. The molecule has 0 saturated heterocycles. The fourth-order valence-corrected chi connectivity index (χ4v) is 2.75. The van der Waals surface area contributed by atoms with Crippen molar-refractivity contribution < 1.29 is 9.84 Å². The maximum Gasteiger partial charge on any atom is 0.222 e. The van der Waals surface area contributed by atoms with Crippen molar-refractivity contribution in [1.29, 1.82) is 0 Å². The van der Waals surface area contributed by atoms with Gasteiger partial charge < -0.3 is 20.9 Å². The molecule has 1 heterocycles. The number of aliphatic hydroxyl groups excluding tert-OH is 1. The molecule has 20 heavy (non-hydrogen) atoms. The van der Waals surface area contributed by atoms with Crippen LogP contribution in [0, 0.1) is 6.92 Å². The third kappa shape index (κ3) is 4.04. The highest BCUT2D eigenvalue weighted by Gasteiger charge is 2.22. The molecule has 1 aromatic heterocycles. The first-order valence-corrected chi connectivity index (χ1v) is 7.68. The second-order valence-corrected chi connectivity index (χ2v) is 5.84. The lowest BCUT2D eigenvalue weighted by atomic mass is 9.93. The number of nitrogens with one attached hydrogen (secondary N) is 1. The van der Waals surface area contributed by atoms with Gasteiger partial charge in [0.15, 0.2) is 0 Å². The van der Waals surface area contributed by atoms with Crippen LogP contribution >= 0.6 is 15.9 Å². The zero-order valence-corrected chi connectivity index (χ0v) is 13.2. The monoisotopic (exact) mass is 344 g/mol. The number of hydrogen-bond donors (Lipinski definition) is 3. The summed E-state index contributed by atoms with van der Waals surface area (Å²) in [7, 11) is 0. The summed E-state index contributed by atoms with van der Waals surface area (Å²) in [5.74, 6) is 1.04. The highest BCUT2D eigenvalue weighted by molar-refractivity contribution is 9.10. The number of aromatic nitrogens is 2. The van der Waals surface area contributed by atoms with Crippen LogP contribution in [0.5, 0.6) is 0 Å². The standard InChI is InChI=1S/C13H21BrN4O2/c1-8-11(14)12(18-13(15)16-8)17-9-2-4-10(5-3-9)20-7-6-19/h9-10,19H,2-7H2,1H3,(H3,15,16,17,18)/t9-,10+. The molecule has 1 saturated carbocycles. The van der Waals surface area contributed by atoms with Crippen LogP contribution in [0.25, 0.3) is 0 Å². The highest BCUT2D eigenvalue weighted by atomic mass is 79.9. The second kappa shape index (κ2) is 7.19.